The van der Waals surface area contributed by atoms with E-state index in [0.717, 1.165) is 18.7 Å². The normalized spacial score (nSPS) is 10.5. The predicted octanol–water partition coefficient (Wildman–Crippen LogP) is 1.12. The summed E-state index contributed by atoms with van der Waals surface area (Å²) in [5.41, 5.74) is 0.974. The maximum atomic E-state index is 11.5. The molecule has 0 aliphatic carbocycles. The summed E-state index contributed by atoms with van der Waals surface area (Å²) in [4.78, 5) is 11.5. The fourth-order valence-electron chi connectivity index (χ4n) is 1.44. The molecule has 0 saturated carbocycles. The second kappa shape index (κ2) is 7.84. The average molecular weight is 239 g/mol. The summed E-state index contributed by atoms with van der Waals surface area (Å²) in [6, 6.07) is 1.93. The van der Waals surface area contributed by atoms with Crippen LogP contribution in [-0.2, 0) is 16.1 Å². The molecule has 1 rings (SSSR count). The molecule has 0 aromatic carbocycles. The van der Waals surface area contributed by atoms with Crippen molar-refractivity contribution in [3.05, 3.63) is 18.0 Å². The molecule has 17 heavy (non-hydrogen) atoms. The van der Waals surface area contributed by atoms with E-state index in [1.807, 2.05) is 26.1 Å². The SMILES string of the molecule is CCOCCCNC(=O)CCn1ccc(C)n1. The first-order valence-corrected chi connectivity index (χ1v) is 6.07. The minimum absolute atomic E-state index is 0.0645. The van der Waals surface area contributed by atoms with Crippen LogP contribution in [0.2, 0.25) is 0 Å². The second-order valence-corrected chi connectivity index (χ2v) is 3.87. The minimum atomic E-state index is 0.0645. The molecule has 1 aromatic rings. The lowest BCUT2D eigenvalue weighted by Crippen LogP contribution is -2.26. The predicted molar refractivity (Wildman–Crippen MR) is 65.7 cm³/mol. The largest absolute Gasteiger partial charge is 0.382 e. The number of hydrogen-bond donors (Lipinski definition) is 1. The third kappa shape index (κ3) is 6.06. The highest BCUT2D eigenvalue weighted by Crippen LogP contribution is 1.94. The highest BCUT2D eigenvalue weighted by Gasteiger charge is 2.01. The van der Waals surface area contributed by atoms with Crippen LogP contribution in [0.25, 0.3) is 0 Å². The lowest BCUT2D eigenvalue weighted by Gasteiger charge is -2.05. The molecule has 0 aliphatic heterocycles. The molecular formula is C12H21N3O2. The summed E-state index contributed by atoms with van der Waals surface area (Å²) in [5, 5.41) is 7.08. The van der Waals surface area contributed by atoms with E-state index >= 15 is 0 Å². The van der Waals surface area contributed by atoms with Crippen molar-refractivity contribution in [2.75, 3.05) is 19.8 Å². The van der Waals surface area contributed by atoms with Gasteiger partial charge in [-0.2, -0.15) is 5.10 Å². The van der Waals surface area contributed by atoms with Gasteiger partial charge in [-0.25, -0.2) is 0 Å². The van der Waals surface area contributed by atoms with E-state index < -0.39 is 0 Å². The standard InChI is InChI=1S/C12H21N3O2/c1-3-17-10-4-7-13-12(16)6-9-15-8-5-11(2)14-15/h5,8H,3-4,6-7,9-10H2,1-2H3,(H,13,16). The number of rotatable bonds is 8. The molecule has 0 radical (unpaired) electrons. The van der Waals surface area contributed by atoms with E-state index in [1.165, 1.54) is 0 Å². The van der Waals surface area contributed by atoms with Gasteiger partial charge in [0.05, 0.1) is 5.69 Å². The quantitative estimate of drug-likeness (QED) is 0.692. The summed E-state index contributed by atoms with van der Waals surface area (Å²) in [5.74, 6) is 0.0645. The van der Waals surface area contributed by atoms with Crippen molar-refractivity contribution < 1.29 is 9.53 Å². The molecule has 5 heteroatoms. The van der Waals surface area contributed by atoms with Crippen LogP contribution in [0.4, 0.5) is 0 Å². The molecule has 0 aliphatic rings. The third-order valence-electron chi connectivity index (χ3n) is 2.33. The van der Waals surface area contributed by atoms with Crippen LogP contribution < -0.4 is 5.32 Å². The van der Waals surface area contributed by atoms with Gasteiger partial charge in [0.1, 0.15) is 0 Å². The van der Waals surface area contributed by atoms with Crippen molar-refractivity contribution in [3.8, 4) is 0 Å². The van der Waals surface area contributed by atoms with Gasteiger partial charge in [0, 0.05) is 38.9 Å². The molecule has 1 amide bonds. The van der Waals surface area contributed by atoms with E-state index in [4.69, 9.17) is 4.74 Å². The minimum Gasteiger partial charge on any atom is -0.382 e. The van der Waals surface area contributed by atoms with Gasteiger partial charge in [0.2, 0.25) is 5.91 Å². The Kier molecular flexibility index (Phi) is 6.32. The zero-order chi connectivity index (χ0) is 12.5. The smallest absolute Gasteiger partial charge is 0.221 e. The number of carbonyl (C=O) groups is 1. The fraction of sp³-hybridized carbons (Fsp3) is 0.667. The van der Waals surface area contributed by atoms with Gasteiger partial charge in [-0.1, -0.05) is 0 Å². The Balaban J connectivity index is 2.05. The molecule has 1 aromatic heterocycles. The van der Waals surface area contributed by atoms with E-state index in [1.54, 1.807) is 4.68 Å². The van der Waals surface area contributed by atoms with Gasteiger partial charge in [0.25, 0.3) is 0 Å². The number of nitrogens with one attached hydrogen (secondary N) is 1. The number of hydrogen-bond acceptors (Lipinski definition) is 3. The molecule has 0 bridgehead atoms. The summed E-state index contributed by atoms with van der Waals surface area (Å²) in [7, 11) is 0. The molecule has 0 fully saturated rings. The molecule has 1 N–H and O–H groups in total. The topological polar surface area (TPSA) is 56.1 Å². The van der Waals surface area contributed by atoms with Crippen LogP contribution in [0.3, 0.4) is 0 Å². The zero-order valence-electron chi connectivity index (χ0n) is 10.6. The molecule has 0 saturated heterocycles. The summed E-state index contributed by atoms with van der Waals surface area (Å²) < 4.78 is 6.97. The Hall–Kier alpha value is -1.36. The van der Waals surface area contributed by atoms with E-state index in [2.05, 4.69) is 10.4 Å². The molecule has 0 spiro atoms. The first-order valence-electron chi connectivity index (χ1n) is 6.07. The van der Waals surface area contributed by atoms with Gasteiger partial charge in [-0.3, -0.25) is 9.48 Å². The van der Waals surface area contributed by atoms with Crippen LogP contribution in [0.15, 0.2) is 12.3 Å². The lowest BCUT2D eigenvalue weighted by molar-refractivity contribution is -0.121. The Morgan fingerprint density at radius 1 is 1.59 bits per heavy atom. The van der Waals surface area contributed by atoms with Crippen molar-refractivity contribution in [3.63, 3.8) is 0 Å². The maximum absolute atomic E-state index is 11.5. The highest BCUT2D eigenvalue weighted by molar-refractivity contribution is 5.75. The highest BCUT2D eigenvalue weighted by atomic mass is 16.5. The monoisotopic (exact) mass is 239 g/mol. The average Bonchev–Trinajstić information content (AvgIpc) is 2.72. The Morgan fingerprint density at radius 3 is 3.06 bits per heavy atom. The van der Waals surface area contributed by atoms with Gasteiger partial charge < -0.3 is 10.1 Å². The Bertz CT molecular complexity index is 336. The van der Waals surface area contributed by atoms with E-state index in [0.29, 0.717) is 26.1 Å². The van der Waals surface area contributed by atoms with Crippen LogP contribution in [0, 0.1) is 6.92 Å². The number of aryl methyl sites for hydroxylation is 2. The first-order chi connectivity index (χ1) is 8.22. The maximum Gasteiger partial charge on any atom is 0.221 e. The summed E-state index contributed by atoms with van der Waals surface area (Å²) in [6.07, 6.45) is 3.22. The Morgan fingerprint density at radius 2 is 2.41 bits per heavy atom. The first kappa shape index (κ1) is 13.7. The lowest BCUT2D eigenvalue weighted by atomic mass is 10.3. The molecule has 96 valence electrons. The molecule has 0 unspecified atom stereocenters. The van der Waals surface area contributed by atoms with Crippen LogP contribution in [0.5, 0.6) is 0 Å². The zero-order valence-corrected chi connectivity index (χ0v) is 10.6. The number of amides is 1. The van der Waals surface area contributed by atoms with Crippen LogP contribution >= 0.6 is 0 Å². The summed E-state index contributed by atoms with van der Waals surface area (Å²) in [6.45, 7) is 6.64. The molecular weight excluding hydrogens is 218 g/mol. The van der Waals surface area contributed by atoms with Crippen molar-refractivity contribution >= 4 is 5.91 Å². The summed E-state index contributed by atoms with van der Waals surface area (Å²) >= 11 is 0. The van der Waals surface area contributed by atoms with Crippen LogP contribution in [-0.4, -0.2) is 35.4 Å². The number of carbonyl (C=O) groups excluding carboxylic acids is 1. The fourth-order valence-corrected chi connectivity index (χ4v) is 1.44. The van der Waals surface area contributed by atoms with Gasteiger partial charge in [0.15, 0.2) is 0 Å². The molecule has 0 atom stereocenters. The molecule has 5 nitrogen and oxygen atoms in total. The van der Waals surface area contributed by atoms with Crippen molar-refractivity contribution in [2.45, 2.75) is 33.2 Å². The number of aromatic nitrogens is 2. The van der Waals surface area contributed by atoms with Crippen molar-refractivity contribution in [1.82, 2.24) is 15.1 Å². The third-order valence-corrected chi connectivity index (χ3v) is 2.33. The molecule has 1 heterocycles. The number of ether oxygens (including phenoxy) is 1. The van der Waals surface area contributed by atoms with Crippen LogP contribution in [0.1, 0.15) is 25.5 Å². The van der Waals surface area contributed by atoms with Gasteiger partial charge in [-0.05, 0) is 26.3 Å². The van der Waals surface area contributed by atoms with E-state index in [-0.39, 0.29) is 5.91 Å². The Labute approximate surface area is 102 Å². The van der Waals surface area contributed by atoms with E-state index in [9.17, 15) is 4.79 Å². The van der Waals surface area contributed by atoms with Crippen molar-refractivity contribution in [2.24, 2.45) is 0 Å². The van der Waals surface area contributed by atoms with Crippen molar-refractivity contribution in [1.29, 1.82) is 0 Å². The number of nitrogens with zero attached hydrogens (tertiary/aromatic N) is 2. The van der Waals surface area contributed by atoms with Gasteiger partial charge >= 0.3 is 0 Å². The van der Waals surface area contributed by atoms with Gasteiger partial charge in [-0.15, -0.1) is 0 Å². The second-order valence-electron chi connectivity index (χ2n) is 3.87.